The molecule has 0 saturated carbocycles. The summed E-state index contributed by atoms with van der Waals surface area (Å²) in [5, 5.41) is 18.0. The zero-order valence-electron chi connectivity index (χ0n) is 8.87. The zero-order valence-corrected chi connectivity index (χ0v) is 9.76. The second kappa shape index (κ2) is 6.30. The van der Waals surface area contributed by atoms with Gasteiger partial charge in [-0.15, -0.1) is 0 Å². The number of carboxylic acid groups (broad SMARTS) is 1. The second-order valence-electron chi connectivity index (χ2n) is 3.41. The van der Waals surface area contributed by atoms with Crippen molar-refractivity contribution in [3.63, 3.8) is 0 Å². The van der Waals surface area contributed by atoms with E-state index in [-0.39, 0.29) is 0 Å². The number of aliphatic hydroxyl groups excluding tert-OH is 1. The van der Waals surface area contributed by atoms with Crippen LogP contribution in [0.15, 0.2) is 24.3 Å². The van der Waals surface area contributed by atoms with Crippen molar-refractivity contribution in [2.75, 3.05) is 6.61 Å². The second-order valence-corrected chi connectivity index (χ2v) is 4.18. The third-order valence-corrected chi connectivity index (χ3v) is 2.64. The fourth-order valence-corrected chi connectivity index (χ4v) is 1.58. The summed E-state index contributed by atoms with van der Waals surface area (Å²) in [4.78, 5) is 9.98. The summed E-state index contributed by atoms with van der Waals surface area (Å²) >= 11 is 0. The molecule has 3 N–H and O–H groups in total. The van der Waals surface area contributed by atoms with E-state index in [9.17, 15) is 13.9 Å². The maximum absolute atomic E-state index is 9.98. The first kappa shape index (κ1) is 13.6. The number of carboxylic acids is 1. The monoisotopic (exact) mass is 257 g/mol. The Balaban J connectivity index is 0.000000177. The molecule has 0 radical (unpaired) electrons. The summed E-state index contributed by atoms with van der Waals surface area (Å²) in [5.74, 6) is -1.40. The molecule has 1 unspecified atom stereocenters. The van der Waals surface area contributed by atoms with Gasteiger partial charge in [-0.3, -0.25) is 4.79 Å². The lowest BCUT2D eigenvalue weighted by Gasteiger charge is -2.02. The number of carbonyl (C=O) groups is 1. The third kappa shape index (κ3) is 4.91. The molecular weight excluding hydrogens is 245 g/mol. The Labute approximate surface area is 98.2 Å². The van der Waals surface area contributed by atoms with Gasteiger partial charge in [-0.25, -0.2) is 9.13 Å². The fraction of sp³-hybridized carbons (Fsp3) is 0.300. The van der Waals surface area contributed by atoms with Crippen LogP contribution in [0.25, 0.3) is 0 Å². The van der Waals surface area contributed by atoms with E-state index in [2.05, 4.69) is 24.3 Å². The smallest absolute Gasteiger partial charge is 0.396 e. The highest BCUT2D eigenvalue weighted by molar-refractivity contribution is 7.28. The van der Waals surface area contributed by atoms with Gasteiger partial charge in [0.05, 0.1) is 6.61 Å². The lowest BCUT2D eigenvalue weighted by atomic mass is 10.3. The molecule has 1 aromatic rings. The fourth-order valence-electron chi connectivity index (χ4n) is 1.14. The van der Waals surface area contributed by atoms with Gasteiger partial charge in [0.25, 0.3) is 0 Å². The Morgan fingerprint density at radius 2 is 1.88 bits per heavy atom. The maximum atomic E-state index is 9.98. The van der Waals surface area contributed by atoms with Crippen molar-refractivity contribution in [1.29, 1.82) is 0 Å². The first-order valence-corrected chi connectivity index (χ1v) is 6.03. The average Bonchev–Trinajstić information content (AvgIpc) is 3.05. The molecule has 1 aromatic carbocycles. The van der Waals surface area contributed by atoms with Crippen LogP contribution in [0.3, 0.4) is 0 Å². The number of hydrogen-bond donors (Lipinski definition) is 3. The molecule has 0 aliphatic heterocycles. The van der Waals surface area contributed by atoms with E-state index >= 15 is 0 Å². The van der Waals surface area contributed by atoms with Gasteiger partial charge in [0, 0.05) is 0 Å². The molecule has 0 spiro atoms. The minimum atomic E-state index is -2.97. The number of fused-ring (bicyclic) bond motifs is 1. The molecule has 0 fully saturated rings. The minimum absolute atomic E-state index is 0.751. The Morgan fingerprint density at radius 3 is 2.12 bits per heavy atom. The summed E-state index contributed by atoms with van der Waals surface area (Å²) in [6.45, 7) is -0.751. The largest absolute Gasteiger partial charge is 0.480 e. The predicted octanol–water partition coefficient (Wildman–Crippen LogP) is 0.700. The van der Waals surface area contributed by atoms with Gasteiger partial charge in [0.1, 0.15) is 6.04 Å². The van der Waals surface area contributed by atoms with E-state index in [0.29, 0.717) is 0 Å². The Morgan fingerprint density at radius 1 is 1.35 bits per heavy atom. The molecule has 2 rings (SSSR count). The third-order valence-electron chi connectivity index (χ3n) is 2.12. The van der Waals surface area contributed by atoms with E-state index < -0.39 is 26.4 Å². The number of aliphatic hydroxyl groups is 1. The number of aliphatic carboxylic acids is 1. The number of hydrogen-bond acceptors (Lipinski definition) is 4. The molecular formula is C10H12NO5P. The van der Waals surface area contributed by atoms with Crippen LogP contribution < -0.4 is 5.09 Å². The molecule has 0 amide bonds. The van der Waals surface area contributed by atoms with Crippen LogP contribution in [-0.2, 0) is 20.3 Å². The van der Waals surface area contributed by atoms with Gasteiger partial charge in [-0.05, 0) is 17.5 Å². The van der Waals surface area contributed by atoms with Crippen molar-refractivity contribution in [2.24, 2.45) is 0 Å². The van der Waals surface area contributed by atoms with Crippen molar-refractivity contribution >= 4 is 13.8 Å². The predicted molar refractivity (Wildman–Crippen MR) is 59.2 cm³/mol. The van der Waals surface area contributed by atoms with Crippen molar-refractivity contribution in [1.82, 2.24) is 5.09 Å². The van der Waals surface area contributed by atoms with Gasteiger partial charge >= 0.3 is 13.8 Å². The lowest BCUT2D eigenvalue weighted by Crippen LogP contribution is -2.34. The molecule has 92 valence electrons. The summed E-state index contributed by atoms with van der Waals surface area (Å²) < 4.78 is 19.6. The summed E-state index contributed by atoms with van der Waals surface area (Å²) in [6.07, 6.45) is 1.24. The van der Waals surface area contributed by atoms with Crippen molar-refractivity contribution in [3.05, 3.63) is 35.4 Å². The van der Waals surface area contributed by atoms with E-state index in [1.807, 2.05) is 0 Å². The molecule has 1 aliphatic rings. The highest BCUT2D eigenvalue weighted by Crippen LogP contribution is 2.25. The van der Waals surface area contributed by atoms with Crippen LogP contribution in [0.4, 0.5) is 0 Å². The Bertz CT molecular complexity index is 443. The quantitative estimate of drug-likeness (QED) is 0.696. The van der Waals surface area contributed by atoms with Gasteiger partial charge < -0.3 is 10.2 Å². The van der Waals surface area contributed by atoms with Crippen LogP contribution >= 0.6 is 7.83 Å². The first-order valence-electron chi connectivity index (χ1n) is 4.85. The van der Waals surface area contributed by atoms with Crippen molar-refractivity contribution in [3.8, 4) is 0 Å². The van der Waals surface area contributed by atoms with E-state index in [0.717, 1.165) is 0 Å². The SMILES string of the molecule is O=C(O)C(CO)NP(=O)=O.c1ccc2c(c1)C2. The highest BCUT2D eigenvalue weighted by Gasteiger charge is 2.16. The number of rotatable bonds is 4. The van der Waals surface area contributed by atoms with E-state index in [1.54, 1.807) is 5.09 Å². The van der Waals surface area contributed by atoms with Crippen LogP contribution in [0.5, 0.6) is 0 Å². The van der Waals surface area contributed by atoms with Crippen LogP contribution in [0.1, 0.15) is 11.1 Å². The molecule has 7 heteroatoms. The lowest BCUT2D eigenvalue weighted by molar-refractivity contribution is -0.139. The Hall–Kier alpha value is -1.49. The molecule has 17 heavy (non-hydrogen) atoms. The van der Waals surface area contributed by atoms with Gasteiger partial charge in [0.2, 0.25) is 0 Å². The molecule has 6 nitrogen and oxygen atoms in total. The molecule has 0 heterocycles. The minimum Gasteiger partial charge on any atom is -0.480 e. The first-order chi connectivity index (χ1) is 8.04. The van der Waals surface area contributed by atoms with Crippen LogP contribution in [0.2, 0.25) is 0 Å². The van der Waals surface area contributed by atoms with Crippen molar-refractivity contribution < 1.29 is 24.1 Å². The number of benzene rings is 1. The van der Waals surface area contributed by atoms with Crippen LogP contribution in [0, 0.1) is 0 Å². The molecule has 0 bridgehead atoms. The van der Waals surface area contributed by atoms with Gasteiger partial charge in [-0.1, -0.05) is 24.3 Å². The highest BCUT2D eigenvalue weighted by atomic mass is 31.1. The summed E-state index contributed by atoms with van der Waals surface area (Å²) in [5.41, 5.74) is 3.06. The molecule has 0 saturated heterocycles. The summed E-state index contributed by atoms with van der Waals surface area (Å²) in [6, 6.07) is 7.10. The van der Waals surface area contributed by atoms with Gasteiger partial charge in [-0.2, -0.15) is 5.09 Å². The van der Waals surface area contributed by atoms with E-state index in [4.69, 9.17) is 10.2 Å². The normalized spacial score (nSPS) is 12.8. The van der Waals surface area contributed by atoms with Crippen LogP contribution in [-0.4, -0.2) is 28.8 Å². The molecule has 1 aliphatic carbocycles. The van der Waals surface area contributed by atoms with Crippen molar-refractivity contribution in [2.45, 2.75) is 12.5 Å². The Kier molecular flexibility index (Phi) is 5.03. The molecule has 1 atom stereocenters. The summed E-state index contributed by atoms with van der Waals surface area (Å²) in [7, 11) is -2.97. The molecule has 0 aromatic heterocycles. The zero-order chi connectivity index (χ0) is 12.8. The topological polar surface area (TPSA) is 104 Å². The van der Waals surface area contributed by atoms with Gasteiger partial charge in [0.15, 0.2) is 0 Å². The number of nitrogens with one attached hydrogen (secondary N) is 1. The standard InChI is InChI=1S/C7H6.C3H6NO5P/c1-2-4-7-5-6(7)3-1;5-1-2(3(6)7)4-10(8)9/h1-4H,5H2;2,5H,1H2,(H,6,7)(H,4,8,9). The average molecular weight is 257 g/mol. The van der Waals surface area contributed by atoms with E-state index in [1.165, 1.54) is 17.5 Å². The maximum Gasteiger partial charge on any atom is 0.396 e.